The molecule has 1 fully saturated rings. The van der Waals surface area contributed by atoms with Crippen LogP contribution in [-0.4, -0.2) is 29.4 Å². The quantitative estimate of drug-likeness (QED) is 0.818. The van der Waals surface area contributed by atoms with Crippen molar-refractivity contribution in [3.05, 3.63) is 58.6 Å². The van der Waals surface area contributed by atoms with Gasteiger partial charge in [-0.2, -0.15) is 0 Å². The van der Waals surface area contributed by atoms with Gasteiger partial charge in [0.05, 0.1) is 0 Å². The Labute approximate surface area is 155 Å². The van der Waals surface area contributed by atoms with E-state index in [0.29, 0.717) is 34.4 Å². The number of anilines is 2. The van der Waals surface area contributed by atoms with Gasteiger partial charge in [0.2, 0.25) is 5.91 Å². The number of likely N-dealkylation sites (tertiary alicyclic amines) is 1. The Hall–Kier alpha value is -2.24. The van der Waals surface area contributed by atoms with Crippen molar-refractivity contribution in [3.8, 4) is 0 Å². The van der Waals surface area contributed by atoms with Gasteiger partial charge >= 0.3 is 6.03 Å². The summed E-state index contributed by atoms with van der Waals surface area (Å²) in [5.41, 5.74) is 1.29. The number of rotatable bonds is 3. The van der Waals surface area contributed by atoms with Crippen LogP contribution in [0.5, 0.6) is 0 Å². The lowest BCUT2D eigenvalue weighted by atomic mass is 10.2. The zero-order valence-corrected chi connectivity index (χ0v) is 14.8. The highest BCUT2D eigenvalue weighted by Gasteiger charge is 2.34. The largest absolute Gasteiger partial charge is 0.324 e. The van der Waals surface area contributed by atoms with Gasteiger partial charge in [-0.15, -0.1) is 0 Å². The average Bonchev–Trinajstić information content (AvgIpc) is 3.09. The summed E-state index contributed by atoms with van der Waals surface area (Å²) < 4.78 is 0. The molecule has 25 heavy (non-hydrogen) atoms. The van der Waals surface area contributed by atoms with Crippen LogP contribution >= 0.6 is 23.2 Å². The van der Waals surface area contributed by atoms with Crippen LogP contribution < -0.4 is 10.6 Å². The number of urea groups is 1. The Bertz CT molecular complexity index is 697. The van der Waals surface area contributed by atoms with Crippen LogP contribution in [0.25, 0.3) is 0 Å². The molecule has 1 atom stereocenters. The van der Waals surface area contributed by atoms with E-state index in [4.69, 9.17) is 23.2 Å². The summed E-state index contributed by atoms with van der Waals surface area (Å²) in [5.74, 6) is -0.203. The van der Waals surface area contributed by atoms with Crippen molar-refractivity contribution >= 4 is 46.5 Å². The maximum atomic E-state index is 12.5. The second-order valence-corrected chi connectivity index (χ2v) is 6.66. The number of carbonyl (C=O) groups is 2. The molecule has 0 radical (unpaired) electrons. The molecule has 2 aromatic rings. The second-order valence-electron chi connectivity index (χ2n) is 5.78. The highest BCUT2D eigenvalue weighted by Crippen LogP contribution is 2.22. The van der Waals surface area contributed by atoms with Gasteiger partial charge in [-0.25, -0.2) is 4.79 Å². The van der Waals surface area contributed by atoms with Crippen LogP contribution in [0, 0.1) is 0 Å². The van der Waals surface area contributed by atoms with Gasteiger partial charge < -0.3 is 15.5 Å². The summed E-state index contributed by atoms with van der Waals surface area (Å²) >= 11 is 11.7. The van der Waals surface area contributed by atoms with Crippen molar-refractivity contribution in [1.82, 2.24) is 4.90 Å². The van der Waals surface area contributed by atoms with Crippen LogP contribution in [0.4, 0.5) is 16.2 Å². The lowest BCUT2D eigenvalue weighted by Gasteiger charge is -2.24. The predicted octanol–water partition coefficient (Wildman–Crippen LogP) is 4.63. The highest BCUT2D eigenvalue weighted by molar-refractivity contribution is 6.31. The predicted molar refractivity (Wildman–Crippen MR) is 100 cm³/mol. The molecule has 5 nitrogen and oxygen atoms in total. The van der Waals surface area contributed by atoms with E-state index in [1.807, 2.05) is 0 Å². The normalized spacial score (nSPS) is 16.6. The molecular weight excluding hydrogens is 361 g/mol. The summed E-state index contributed by atoms with van der Waals surface area (Å²) in [6.07, 6.45) is 1.42. The minimum Gasteiger partial charge on any atom is -0.324 e. The molecule has 7 heteroatoms. The Balaban J connectivity index is 1.64. The summed E-state index contributed by atoms with van der Waals surface area (Å²) in [6, 6.07) is 12.9. The molecule has 3 rings (SSSR count). The van der Waals surface area contributed by atoms with Gasteiger partial charge in [0.1, 0.15) is 6.04 Å². The van der Waals surface area contributed by atoms with E-state index in [1.54, 1.807) is 53.4 Å². The molecule has 0 unspecified atom stereocenters. The lowest BCUT2D eigenvalue weighted by molar-refractivity contribution is -0.119. The van der Waals surface area contributed by atoms with Crippen LogP contribution in [0.2, 0.25) is 10.0 Å². The van der Waals surface area contributed by atoms with Crippen molar-refractivity contribution in [2.75, 3.05) is 17.2 Å². The van der Waals surface area contributed by atoms with Crippen LogP contribution in [0.3, 0.4) is 0 Å². The minimum atomic E-state index is -0.497. The van der Waals surface area contributed by atoms with Crippen molar-refractivity contribution < 1.29 is 9.59 Å². The lowest BCUT2D eigenvalue weighted by Crippen LogP contribution is -2.45. The Morgan fingerprint density at radius 2 is 1.40 bits per heavy atom. The van der Waals surface area contributed by atoms with Gasteiger partial charge in [0.25, 0.3) is 0 Å². The molecule has 0 bridgehead atoms. The zero-order chi connectivity index (χ0) is 17.8. The average molecular weight is 378 g/mol. The molecule has 1 heterocycles. The third-order valence-corrected chi connectivity index (χ3v) is 4.53. The number of halogens is 2. The molecule has 2 N–H and O–H groups in total. The van der Waals surface area contributed by atoms with Gasteiger partial charge in [0, 0.05) is 28.0 Å². The van der Waals surface area contributed by atoms with Crippen molar-refractivity contribution in [3.63, 3.8) is 0 Å². The SMILES string of the molecule is O=C(Nc1ccc(Cl)cc1)[C@H]1CCCN1C(=O)Nc1ccc(Cl)cc1. The summed E-state index contributed by atoms with van der Waals surface area (Å²) in [7, 11) is 0. The van der Waals surface area contributed by atoms with Gasteiger partial charge in [-0.3, -0.25) is 4.79 Å². The number of amides is 3. The van der Waals surface area contributed by atoms with E-state index in [0.717, 1.165) is 6.42 Å². The smallest absolute Gasteiger partial charge is 0.322 e. The second kappa shape index (κ2) is 7.76. The van der Waals surface area contributed by atoms with Gasteiger partial charge in [-0.05, 0) is 61.4 Å². The fraction of sp³-hybridized carbons (Fsp3) is 0.222. The van der Waals surface area contributed by atoms with E-state index >= 15 is 0 Å². The minimum absolute atomic E-state index is 0.203. The Morgan fingerprint density at radius 3 is 1.96 bits per heavy atom. The molecule has 1 aliphatic heterocycles. The molecular formula is C18H17Cl2N3O2. The van der Waals surface area contributed by atoms with E-state index < -0.39 is 6.04 Å². The van der Waals surface area contributed by atoms with Crippen molar-refractivity contribution in [2.45, 2.75) is 18.9 Å². The first kappa shape index (κ1) is 17.6. The summed E-state index contributed by atoms with van der Waals surface area (Å²) in [5, 5.41) is 6.83. The summed E-state index contributed by atoms with van der Waals surface area (Å²) in [4.78, 5) is 26.6. The molecule has 0 saturated carbocycles. The molecule has 0 aromatic heterocycles. The first-order valence-corrected chi connectivity index (χ1v) is 8.68. The van der Waals surface area contributed by atoms with Gasteiger partial charge in [-0.1, -0.05) is 23.2 Å². The monoisotopic (exact) mass is 377 g/mol. The molecule has 3 amide bonds. The molecule has 130 valence electrons. The number of hydrogen-bond donors (Lipinski definition) is 2. The molecule has 0 spiro atoms. The standard InChI is InChI=1S/C18H17Cl2N3O2/c19-12-3-7-14(8-4-12)21-17(24)16-2-1-11-23(16)18(25)22-15-9-5-13(20)6-10-15/h3-10,16H,1-2,11H2,(H,21,24)(H,22,25)/t16-/m1/s1. The van der Waals surface area contributed by atoms with Crippen LogP contribution in [0.15, 0.2) is 48.5 Å². The fourth-order valence-electron chi connectivity index (χ4n) is 2.77. The van der Waals surface area contributed by atoms with E-state index in [-0.39, 0.29) is 11.9 Å². The van der Waals surface area contributed by atoms with E-state index in [1.165, 1.54) is 0 Å². The third kappa shape index (κ3) is 4.44. The first-order chi connectivity index (χ1) is 12.0. The number of benzene rings is 2. The first-order valence-electron chi connectivity index (χ1n) is 7.92. The number of carbonyl (C=O) groups excluding carboxylic acids is 2. The Kier molecular flexibility index (Phi) is 5.46. The molecule has 0 aliphatic carbocycles. The molecule has 1 saturated heterocycles. The fourth-order valence-corrected chi connectivity index (χ4v) is 3.02. The maximum Gasteiger partial charge on any atom is 0.322 e. The van der Waals surface area contributed by atoms with Crippen LogP contribution in [-0.2, 0) is 4.79 Å². The number of nitrogens with zero attached hydrogens (tertiary/aromatic N) is 1. The maximum absolute atomic E-state index is 12.5. The molecule has 1 aliphatic rings. The number of hydrogen-bond acceptors (Lipinski definition) is 2. The van der Waals surface area contributed by atoms with Crippen molar-refractivity contribution in [2.24, 2.45) is 0 Å². The zero-order valence-electron chi connectivity index (χ0n) is 13.3. The topological polar surface area (TPSA) is 61.4 Å². The van der Waals surface area contributed by atoms with Crippen LogP contribution in [0.1, 0.15) is 12.8 Å². The van der Waals surface area contributed by atoms with Gasteiger partial charge in [0.15, 0.2) is 0 Å². The van der Waals surface area contributed by atoms with E-state index in [2.05, 4.69) is 10.6 Å². The highest BCUT2D eigenvalue weighted by atomic mass is 35.5. The van der Waals surface area contributed by atoms with Crippen molar-refractivity contribution in [1.29, 1.82) is 0 Å². The number of nitrogens with one attached hydrogen (secondary N) is 2. The third-order valence-electron chi connectivity index (χ3n) is 4.02. The Morgan fingerprint density at radius 1 is 0.880 bits per heavy atom. The summed E-state index contributed by atoms with van der Waals surface area (Å²) in [6.45, 7) is 0.540. The molecule has 2 aromatic carbocycles. The van der Waals surface area contributed by atoms with E-state index in [9.17, 15) is 9.59 Å².